The van der Waals surface area contributed by atoms with Gasteiger partial charge in [0.1, 0.15) is 6.04 Å². The molecule has 35 heavy (non-hydrogen) atoms. The molecule has 0 radical (unpaired) electrons. The molecule has 3 heterocycles. The molecule has 5 amide bonds. The fourth-order valence-electron chi connectivity index (χ4n) is 5.88. The zero-order valence-electron chi connectivity index (χ0n) is 20.6. The van der Waals surface area contributed by atoms with E-state index in [0.29, 0.717) is 31.6 Å². The van der Waals surface area contributed by atoms with E-state index in [4.69, 9.17) is 0 Å². The third-order valence-electron chi connectivity index (χ3n) is 7.98. The Balaban J connectivity index is 1.27. The fraction of sp³-hybridized carbons (Fsp3) is 0.615. The van der Waals surface area contributed by atoms with E-state index in [-0.39, 0.29) is 41.8 Å². The van der Waals surface area contributed by atoms with Gasteiger partial charge in [-0.3, -0.25) is 19.3 Å². The Hall–Kier alpha value is -2.94. The number of aliphatic hydroxyl groups is 1. The van der Waals surface area contributed by atoms with Crippen molar-refractivity contribution in [2.24, 2.45) is 11.8 Å². The number of nitrogens with zero attached hydrogens (tertiary/aromatic N) is 3. The number of likely N-dealkylation sites (tertiary alicyclic amines) is 3. The van der Waals surface area contributed by atoms with E-state index in [1.54, 1.807) is 47.9 Å². The molecule has 5 rings (SSSR count). The molecule has 4 fully saturated rings. The molecule has 3 aliphatic heterocycles. The minimum Gasteiger partial charge on any atom is -0.386 e. The number of amides is 5. The summed E-state index contributed by atoms with van der Waals surface area (Å²) < 4.78 is 0. The van der Waals surface area contributed by atoms with Crippen molar-refractivity contribution in [1.29, 1.82) is 0 Å². The zero-order chi connectivity index (χ0) is 25.1. The van der Waals surface area contributed by atoms with Crippen LogP contribution in [0.4, 0.5) is 10.5 Å². The molecular weight excluding hydrogens is 448 g/mol. The van der Waals surface area contributed by atoms with Crippen LogP contribution in [0.3, 0.4) is 0 Å². The fourth-order valence-corrected chi connectivity index (χ4v) is 5.88. The molecule has 4 atom stereocenters. The molecule has 0 aromatic heterocycles. The molecule has 1 aromatic carbocycles. The van der Waals surface area contributed by atoms with Crippen LogP contribution in [0.5, 0.6) is 0 Å². The lowest BCUT2D eigenvalue weighted by Gasteiger charge is -2.32. The maximum absolute atomic E-state index is 13.6. The summed E-state index contributed by atoms with van der Waals surface area (Å²) in [5, 5.41) is 13.0. The number of hydrogen-bond donors (Lipinski definition) is 2. The molecule has 9 nitrogen and oxygen atoms in total. The summed E-state index contributed by atoms with van der Waals surface area (Å²) in [6.07, 6.45) is 3.57. The SMILES string of the molecule is C[C@@H]1C(=O)N(C(=O)C2CC2)[C@H]2CCN(C(=O)[C@@H]3CCCN3C(=O)Nc3ccc(C(C)(C)O)cc3)[C@H]12. The van der Waals surface area contributed by atoms with Gasteiger partial charge in [0.25, 0.3) is 0 Å². The number of hydrogen-bond acceptors (Lipinski definition) is 5. The molecule has 2 N–H and O–H groups in total. The first-order valence-electron chi connectivity index (χ1n) is 12.7. The number of benzene rings is 1. The summed E-state index contributed by atoms with van der Waals surface area (Å²) in [5.41, 5.74) is 0.356. The highest BCUT2D eigenvalue weighted by molar-refractivity contribution is 6.01. The lowest BCUT2D eigenvalue weighted by Crippen LogP contribution is -2.52. The van der Waals surface area contributed by atoms with Crippen LogP contribution in [0.2, 0.25) is 0 Å². The number of urea groups is 1. The Labute approximate surface area is 205 Å². The van der Waals surface area contributed by atoms with Crippen LogP contribution in [-0.4, -0.2) is 74.8 Å². The van der Waals surface area contributed by atoms with Crippen LogP contribution in [0.15, 0.2) is 24.3 Å². The number of anilines is 1. The average molecular weight is 483 g/mol. The summed E-state index contributed by atoms with van der Waals surface area (Å²) >= 11 is 0. The van der Waals surface area contributed by atoms with E-state index in [1.165, 1.54) is 4.90 Å². The lowest BCUT2D eigenvalue weighted by molar-refractivity contribution is -0.146. The highest BCUT2D eigenvalue weighted by atomic mass is 16.3. The molecule has 0 unspecified atom stereocenters. The molecule has 1 saturated carbocycles. The second-order valence-electron chi connectivity index (χ2n) is 10.9. The van der Waals surface area contributed by atoms with E-state index in [9.17, 15) is 24.3 Å². The number of fused-ring (bicyclic) bond motifs is 1. The van der Waals surface area contributed by atoms with Crippen molar-refractivity contribution in [3.8, 4) is 0 Å². The van der Waals surface area contributed by atoms with Crippen molar-refractivity contribution in [3.05, 3.63) is 29.8 Å². The van der Waals surface area contributed by atoms with Gasteiger partial charge in [-0.05, 0) is 63.6 Å². The van der Waals surface area contributed by atoms with Gasteiger partial charge < -0.3 is 20.2 Å². The number of imide groups is 1. The third-order valence-corrected chi connectivity index (χ3v) is 7.98. The monoisotopic (exact) mass is 482 g/mol. The van der Waals surface area contributed by atoms with Gasteiger partial charge in [0, 0.05) is 24.7 Å². The van der Waals surface area contributed by atoms with E-state index in [2.05, 4.69) is 5.32 Å². The Bertz CT molecular complexity index is 1040. The quantitative estimate of drug-likeness (QED) is 0.640. The number of nitrogens with one attached hydrogen (secondary N) is 1. The van der Waals surface area contributed by atoms with Crippen LogP contribution in [0.25, 0.3) is 0 Å². The highest BCUT2D eigenvalue weighted by Gasteiger charge is 2.57. The Morgan fingerprint density at radius 1 is 0.971 bits per heavy atom. The first-order chi connectivity index (χ1) is 16.6. The van der Waals surface area contributed by atoms with Crippen LogP contribution >= 0.6 is 0 Å². The predicted molar refractivity (Wildman–Crippen MR) is 128 cm³/mol. The van der Waals surface area contributed by atoms with Crippen LogP contribution in [0, 0.1) is 11.8 Å². The maximum atomic E-state index is 13.6. The highest BCUT2D eigenvalue weighted by Crippen LogP contribution is 2.41. The average Bonchev–Trinajstić information content (AvgIpc) is 3.30. The van der Waals surface area contributed by atoms with Crippen LogP contribution in [0.1, 0.15) is 58.4 Å². The van der Waals surface area contributed by atoms with Gasteiger partial charge in [0.15, 0.2) is 0 Å². The van der Waals surface area contributed by atoms with Crippen LogP contribution in [-0.2, 0) is 20.0 Å². The molecule has 3 saturated heterocycles. The lowest BCUT2D eigenvalue weighted by atomic mass is 9.98. The van der Waals surface area contributed by atoms with Crippen LogP contribution < -0.4 is 5.32 Å². The van der Waals surface area contributed by atoms with Gasteiger partial charge in [-0.1, -0.05) is 19.1 Å². The number of carbonyl (C=O) groups is 4. The zero-order valence-corrected chi connectivity index (χ0v) is 20.6. The summed E-state index contributed by atoms with van der Waals surface area (Å²) in [4.78, 5) is 57.2. The Morgan fingerprint density at radius 2 is 1.66 bits per heavy atom. The number of rotatable bonds is 4. The number of carbonyl (C=O) groups excluding carboxylic acids is 4. The van der Waals surface area contributed by atoms with Crippen molar-refractivity contribution in [1.82, 2.24) is 14.7 Å². The standard InChI is InChI=1S/C26H34N4O5/c1-15-21-19(30(22(15)31)23(32)16-6-7-16)12-14-29(21)24(33)20-5-4-13-28(20)25(34)27-18-10-8-17(9-11-18)26(2,3)35/h8-11,15-16,19-21,35H,4-7,12-14H2,1-3H3,(H,27,34)/t15-,19-,20-,21+/m0/s1. The maximum Gasteiger partial charge on any atom is 0.322 e. The molecular formula is C26H34N4O5. The molecule has 0 bridgehead atoms. The van der Waals surface area contributed by atoms with Crippen molar-refractivity contribution in [2.45, 2.75) is 76.6 Å². The minimum atomic E-state index is -0.972. The van der Waals surface area contributed by atoms with E-state index < -0.39 is 17.6 Å². The van der Waals surface area contributed by atoms with Crippen molar-refractivity contribution in [3.63, 3.8) is 0 Å². The van der Waals surface area contributed by atoms with E-state index in [1.807, 2.05) is 6.92 Å². The Morgan fingerprint density at radius 3 is 2.29 bits per heavy atom. The molecule has 1 aromatic rings. The van der Waals surface area contributed by atoms with Gasteiger partial charge >= 0.3 is 6.03 Å². The largest absolute Gasteiger partial charge is 0.386 e. The summed E-state index contributed by atoms with van der Waals surface area (Å²) in [5.74, 6) is -0.859. The first kappa shape index (κ1) is 23.8. The van der Waals surface area contributed by atoms with E-state index >= 15 is 0 Å². The van der Waals surface area contributed by atoms with Gasteiger partial charge in [0.2, 0.25) is 17.7 Å². The van der Waals surface area contributed by atoms with Gasteiger partial charge in [0.05, 0.1) is 23.6 Å². The minimum absolute atomic E-state index is 0.0406. The molecule has 0 spiro atoms. The van der Waals surface area contributed by atoms with Gasteiger partial charge in [-0.2, -0.15) is 0 Å². The molecule has 9 heteroatoms. The normalized spacial score (nSPS) is 28.5. The summed E-state index contributed by atoms with van der Waals surface area (Å²) in [7, 11) is 0. The van der Waals surface area contributed by atoms with E-state index in [0.717, 1.165) is 24.8 Å². The van der Waals surface area contributed by atoms with Crippen molar-refractivity contribution in [2.75, 3.05) is 18.4 Å². The predicted octanol–water partition coefficient (Wildman–Crippen LogP) is 2.29. The topological polar surface area (TPSA) is 110 Å². The second kappa shape index (κ2) is 8.62. The summed E-state index contributed by atoms with van der Waals surface area (Å²) in [6.45, 7) is 6.17. The second-order valence-corrected chi connectivity index (χ2v) is 10.9. The van der Waals surface area contributed by atoms with Gasteiger partial charge in [-0.25, -0.2) is 4.79 Å². The molecule has 4 aliphatic rings. The molecule has 1 aliphatic carbocycles. The van der Waals surface area contributed by atoms with Crippen molar-refractivity contribution < 1.29 is 24.3 Å². The summed E-state index contributed by atoms with van der Waals surface area (Å²) in [6, 6.07) is 5.50. The van der Waals surface area contributed by atoms with Crippen molar-refractivity contribution >= 4 is 29.4 Å². The smallest absolute Gasteiger partial charge is 0.322 e. The first-order valence-corrected chi connectivity index (χ1v) is 12.7. The third kappa shape index (κ3) is 4.20. The van der Waals surface area contributed by atoms with Gasteiger partial charge in [-0.15, -0.1) is 0 Å². The Kier molecular flexibility index (Phi) is 5.86. The molecule has 188 valence electrons.